The second kappa shape index (κ2) is 7.86. The van der Waals surface area contributed by atoms with Gasteiger partial charge in [0.1, 0.15) is 11.0 Å². The summed E-state index contributed by atoms with van der Waals surface area (Å²) in [6.45, 7) is 1.71. The summed E-state index contributed by atoms with van der Waals surface area (Å²) >= 11 is 5.92. The molecule has 4 rings (SSSR count). The first-order chi connectivity index (χ1) is 13.6. The zero-order chi connectivity index (χ0) is 19.6. The van der Waals surface area contributed by atoms with E-state index in [1.165, 1.54) is 12.1 Å². The number of rotatable bonds is 4. The van der Waals surface area contributed by atoms with E-state index in [9.17, 15) is 9.18 Å². The maximum Gasteiger partial charge on any atom is 0.251 e. The van der Waals surface area contributed by atoms with Gasteiger partial charge in [0.15, 0.2) is 0 Å². The molecule has 0 spiro atoms. The van der Waals surface area contributed by atoms with E-state index < -0.39 is 0 Å². The zero-order valence-electron chi connectivity index (χ0n) is 15.3. The molecule has 1 aliphatic rings. The molecular weight excluding hydrogens is 379 g/mol. The molecule has 2 heterocycles. The highest BCUT2D eigenvalue weighted by atomic mass is 35.5. The van der Waals surface area contributed by atoms with Gasteiger partial charge >= 0.3 is 0 Å². The molecule has 6 heteroatoms. The summed E-state index contributed by atoms with van der Waals surface area (Å²) in [6.07, 6.45) is 1.55. The van der Waals surface area contributed by atoms with E-state index in [-0.39, 0.29) is 17.1 Å². The highest BCUT2D eigenvalue weighted by molar-refractivity contribution is 6.29. The number of amides is 1. The maximum atomic E-state index is 13.4. The summed E-state index contributed by atoms with van der Waals surface area (Å²) in [6, 6.07) is 15.4. The first-order valence-electron chi connectivity index (χ1n) is 9.24. The van der Waals surface area contributed by atoms with Gasteiger partial charge in [-0.05, 0) is 60.9 Å². The Morgan fingerprint density at radius 3 is 2.61 bits per heavy atom. The third kappa shape index (κ3) is 3.86. The summed E-state index contributed by atoms with van der Waals surface area (Å²) in [7, 11) is 0. The van der Waals surface area contributed by atoms with Crippen LogP contribution >= 0.6 is 11.6 Å². The zero-order valence-corrected chi connectivity index (χ0v) is 16.0. The Morgan fingerprint density at radius 2 is 1.86 bits per heavy atom. The number of hydrogen-bond acceptors (Lipinski definition) is 3. The Labute approximate surface area is 167 Å². The second-order valence-electron chi connectivity index (χ2n) is 7.12. The minimum Gasteiger partial charge on any atom is -0.381 e. The number of nitrogens with one attached hydrogen (secondary N) is 1. The van der Waals surface area contributed by atoms with Gasteiger partial charge in [0, 0.05) is 36.1 Å². The van der Waals surface area contributed by atoms with Crippen LogP contribution in [0.25, 0.3) is 10.9 Å². The average Bonchev–Trinajstić information content (AvgIpc) is 2.73. The standard InChI is InChI=1S/C22H20ClFN2O2/c23-20-8-2-15-13-16(1-7-19(15)26-20)21(27)25-14-22(9-11-28-12-10-22)17-3-5-18(24)6-4-17/h1-8,13H,9-12,14H2,(H,25,27). The van der Waals surface area contributed by atoms with Gasteiger partial charge in [-0.15, -0.1) is 0 Å². The predicted octanol–water partition coefficient (Wildman–Crippen LogP) is 4.51. The van der Waals surface area contributed by atoms with Gasteiger partial charge in [-0.25, -0.2) is 9.37 Å². The summed E-state index contributed by atoms with van der Waals surface area (Å²) in [5, 5.41) is 4.34. The lowest BCUT2D eigenvalue weighted by Crippen LogP contribution is -2.44. The van der Waals surface area contributed by atoms with E-state index in [0.29, 0.717) is 30.5 Å². The van der Waals surface area contributed by atoms with E-state index in [1.807, 2.05) is 12.1 Å². The van der Waals surface area contributed by atoms with Crippen LogP contribution in [0.3, 0.4) is 0 Å². The lowest BCUT2D eigenvalue weighted by Gasteiger charge is -2.38. The van der Waals surface area contributed by atoms with Gasteiger partial charge in [-0.3, -0.25) is 4.79 Å². The number of carbonyl (C=O) groups excluding carboxylic acids is 1. The number of hydrogen-bond donors (Lipinski definition) is 1. The monoisotopic (exact) mass is 398 g/mol. The predicted molar refractivity (Wildman–Crippen MR) is 107 cm³/mol. The number of halogens is 2. The van der Waals surface area contributed by atoms with Crippen LogP contribution in [0.2, 0.25) is 5.15 Å². The van der Waals surface area contributed by atoms with Crippen LogP contribution in [-0.4, -0.2) is 30.6 Å². The Hall–Kier alpha value is -2.50. The Balaban J connectivity index is 1.54. The fraction of sp³-hybridized carbons (Fsp3) is 0.273. The van der Waals surface area contributed by atoms with E-state index in [2.05, 4.69) is 10.3 Å². The minimum absolute atomic E-state index is 0.148. The maximum absolute atomic E-state index is 13.4. The summed E-state index contributed by atoms with van der Waals surface area (Å²) in [5.41, 5.74) is 2.08. The molecule has 2 aromatic carbocycles. The van der Waals surface area contributed by atoms with Crippen molar-refractivity contribution in [1.82, 2.24) is 10.3 Å². The molecule has 0 bridgehead atoms. The SMILES string of the molecule is O=C(NCC1(c2ccc(F)cc2)CCOCC1)c1ccc2nc(Cl)ccc2c1. The van der Waals surface area contributed by atoms with Crippen molar-refractivity contribution in [2.24, 2.45) is 0 Å². The Morgan fingerprint density at radius 1 is 1.11 bits per heavy atom. The van der Waals surface area contributed by atoms with Crippen LogP contribution in [0.1, 0.15) is 28.8 Å². The summed E-state index contributed by atoms with van der Waals surface area (Å²) in [5.74, 6) is -0.412. The fourth-order valence-corrected chi connectivity index (χ4v) is 3.88. The fourth-order valence-electron chi connectivity index (χ4n) is 3.73. The van der Waals surface area contributed by atoms with Crippen molar-refractivity contribution >= 4 is 28.4 Å². The molecule has 0 radical (unpaired) electrons. The van der Waals surface area contributed by atoms with Crippen molar-refractivity contribution in [3.05, 3.63) is 76.7 Å². The van der Waals surface area contributed by atoms with Gasteiger partial charge in [-0.1, -0.05) is 23.7 Å². The molecule has 0 saturated carbocycles. The first kappa shape index (κ1) is 18.8. The molecule has 1 saturated heterocycles. The molecule has 0 aliphatic carbocycles. The van der Waals surface area contributed by atoms with E-state index in [1.54, 1.807) is 30.3 Å². The molecular formula is C22H20ClFN2O2. The minimum atomic E-state index is -0.264. The van der Waals surface area contributed by atoms with Gasteiger partial charge in [0.2, 0.25) is 0 Å². The number of fused-ring (bicyclic) bond motifs is 1. The lowest BCUT2D eigenvalue weighted by atomic mass is 9.74. The molecule has 1 N–H and O–H groups in total. The van der Waals surface area contributed by atoms with Crippen LogP contribution in [0.5, 0.6) is 0 Å². The molecule has 0 unspecified atom stereocenters. The number of aromatic nitrogens is 1. The number of ether oxygens (including phenoxy) is 1. The summed E-state index contributed by atoms with van der Waals surface area (Å²) < 4.78 is 18.9. The molecule has 144 valence electrons. The van der Waals surface area contributed by atoms with Crippen LogP contribution < -0.4 is 5.32 Å². The van der Waals surface area contributed by atoms with Crippen LogP contribution in [0.4, 0.5) is 4.39 Å². The van der Waals surface area contributed by atoms with Crippen molar-refractivity contribution < 1.29 is 13.9 Å². The lowest BCUT2D eigenvalue weighted by molar-refractivity contribution is 0.0487. The second-order valence-corrected chi connectivity index (χ2v) is 7.51. The molecule has 1 fully saturated rings. The van der Waals surface area contributed by atoms with E-state index in [4.69, 9.17) is 16.3 Å². The third-order valence-corrected chi connectivity index (χ3v) is 5.62. The number of nitrogens with zero attached hydrogens (tertiary/aromatic N) is 1. The quantitative estimate of drug-likeness (QED) is 0.658. The normalized spacial score (nSPS) is 16.1. The van der Waals surface area contributed by atoms with Crippen LogP contribution in [0.15, 0.2) is 54.6 Å². The topological polar surface area (TPSA) is 51.2 Å². The van der Waals surface area contributed by atoms with Crippen molar-refractivity contribution in [1.29, 1.82) is 0 Å². The van der Waals surface area contributed by atoms with Gasteiger partial charge in [0.25, 0.3) is 5.91 Å². The number of pyridine rings is 1. The van der Waals surface area contributed by atoms with Crippen LogP contribution in [-0.2, 0) is 10.2 Å². The van der Waals surface area contributed by atoms with Crippen molar-refractivity contribution in [3.8, 4) is 0 Å². The molecule has 28 heavy (non-hydrogen) atoms. The largest absolute Gasteiger partial charge is 0.381 e. The molecule has 4 nitrogen and oxygen atoms in total. The van der Waals surface area contributed by atoms with Crippen molar-refractivity contribution in [2.45, 2.75) is 18.3 Å². The molecule has 1 amide bonds. The van der Waals surface area contributed by atoms with E-state index >= 15 is 0 Å². The molecule has 3 aromatic rings. The molecule has 1 aromatic heterocycles. The van der Waals surface area contributed by atoms with Gasteiger partial charge < -0.3 is 10.1 Å². The smallest absolute Gasteiger partial charge is 0.251 e. The Bertz CT molecular complexity index is 1000. The number of benzene rings is 2. The summed E-state index contributed by atoms with van der Waals surface area (Å²) in [4.78, 5) is 17.0. The van der Waals surface area contributed by atoms with Crippen molar-refractivity contribution in [2.75, 3.05) is 19.8 Å². The van der Waals surface area contributed by atoms with Gasteiger partial charge in [-0.2, -0.15) is 0 Å². The highest BCUT2D eigenvalue weighted by Gasteiger charge is 2.35. The van der Waals surface area contributed by atoms with Crippen LogP contribution in [0, 0.1) is 5.82 Å². The van der Waals surface area contributed by atoms with E-state index in [0.717, 1.165) is 29.3 Å². The highest BCUT2D eigenvalue weighted by Crippen LogP contribution is 2.34. The molecule has 0 atom stereocenters. The van der Waals surface area contributed by atoms with Crippen molar-refractivity contribution in [3.63, 3.8) is 0 Å². The van der Waals surface area contributed by atoms with Gasteiger partial charge in [0.05, 0.1) is 5.52 Å². The first-order valence-corrected chi connectivity index (χ1v) is 9.62. The average molecular weight is 399 g/mol. The Kier molecular flexibility index (Phi) is 5.29. The molecule has 1 aliphatic heterocycles. The number of carbonyl (C=O) groups is 1. The third-order valence-electron chi connectivity index (χ3n) is 5.41.